The van der Waals surface area contributed by atoms with Gasteiger partial charge in [-0.15, -0.1) is 0 Å². The van der Waals surface area contributed by atoms with E-state index in [4.69, 9.17) is 5.11 Å². The van der Waals surface area contributed by atoms with Gasteiger partial charge in [0.2, 0.25) is 0 Å². The number of hydrogen-bond acceptors (Lipinski definition) is 1. The molecule has 0 bridgehead atoms. The summed E-state index contributed by atoms with van der Waals surface area (Å²) < 4.78 is 0. The summed E-state index contributed by atoms with van der Waals surface area (Å²) in [5.74, 6) is -0.704. The number of hydrogen-bond donors (Lipinski definition) is 1. The third-order valence-electron chi connectivity index (χ3n) is 3.95. The molecule has 1 saturated carbocycles. The van der Waals surface area contributed by atoms with Gasteiger partial charge in [0, 0.05) is 5.41 Å². The van der Waals surface area contributed by atoms with Crippen LogP contribution in [0.5, 0.6) is 0 Å². The lowest BCUT2D eigenvalue weighted by Crippen LogP contribution is -2.12. The summed E-state index contributed by atoms with van der Waals surface area (Å²) in [6, 6.07) is 18.6. The monoisotopic (exact) mass is 252 g/mol. The molecule has 0 radical (unpaired) electrons. The van der Waals surface area contributed by atoms with Crippen molar-refractivity contribution in [2.75, 3.05) is 0 Å². The van der Waals surface area contributed by atoms with Crippen molar-refractivity contribution in [3.63, 3.8) is 0 Å². The average Bonchev–Trinajstić information content (AvgIpc) is 3.20. The Morgan fingerprint density at radius 1 is 0.947 bits per heavy atom. The van der Waals surface area contributed by atoms with Crippen LogP contribution in [0.1, 0.15) is 24.8 Å². The van der Waals surface area contributed by atoms with E-state index in [0.29, 0.717) is 0 Å². The molecule has 2 nitrogen and oxygen atoms in total. The molecule has 0 heterocycles. The Kier molecular flexibility index (Phi) is 2.86. The van der Waals surface area contributed by atoms with E-state index in [-0.39, 0.29) is 11.8 Å². The van der Waals surface area contributed by atoms with E-state index in [2.05, 4.69) is 36.4 Å². The molecule has 0 aromatic heterocycles. The van der Waals surface area contributed by atoms with Gasteiger partial charge >= 0.3 is 5.97 Å². The molecule has 1 aliphatic rings. The van der Waals surface area contributed by atoms with Gasteiger partial charge in [0.25, 0.3) is 0 Å². The Morgan fingerprint density at radius 3 is 2.05 bits per heavy atom. The Balaban J connectivity index is 1.86. The highest BCUT2D eigenvalue weighted by Crippen LogP contribution is 2.51. The summed E-state index contributed by atoms with van der Waals surface area (Å²) in [4.78, 5) is 10.9. The first kappa shape index (κ1) is 12.0. The van der Waals surface area contributed by atoms with Crippen LogP contribution in [0.25, 0.3) is 11.1 Å². The molecule has 2 aromatic carbocycles. The fourth-order valence-corrected chi connectivity index (χ4v) is 2.65. The Bertz CT molecular complexity index is 580. The average molecular weight is 252 g/mol. The molecule has 19 heavy (non-hydrogen) atoms. The minimum Gasteiger partial charge on any atom is -0.481 e. The molecule has 0 unspecified atom stereocenters. The van der Waals surface area contributed by atoms with Crippen molar-refractivity contribution < 1.29 is 9.90 Å². The maximum Gasteiger partial charge on any atom is 0.304 e. The van der Waals surface area contributed by atoms with E-state index >= 15 is 0 Å². The van der Waals surface area contributed by atoms with Crippen molar-refractivity contribution in [1.29, 1.82) is 0 Å². The molecule has 0 aliphatic heterocycles. The van der Waals surface area contributed by atoms with Crippen LogP contribution in [0.15, 0.2) is 54.6 Å². The van der Waals surface area contributed by atoms with Gasteiger partial charge in [-0.25, -0.2) is 0 Å². The van der Waals surface area contributed by atoms with Crippen molar-refractivity contribution in [2.45, 2.75) is 24.7 Å². The zero-order valence-corrected chi connectivity index (χ0v) is 10.7. The second-order valence-corrected chi connectivity index (χ2v) is 5.29. The first-order valence-electron chi connectivity index (χ1n) is 6.57. The molecule has 3 rings (SSSR count). The van der Waals surface area contributed by atoms with Crippen LogP contribution in [0.3, 0.4) is 0 Å². The van der Waals surface area contributed by atoms with Gasteiger partial charge < -0.3 is 5.11 Å². The third kappa shape index (κ3) is 2.39. The second-order valence-electron chi connectivity index (χ2n) is 5.29. The quantitative estimate of drug-likeness (QED) is 0.897. The summed E-state index contributed by atoms with van der Waals surface area (Å²) in [5, 5.41) is 8.98. The van der Waals surface area contributed by atoms with E-state index in [9.17, 15) is 4.79 Å². The predicted octanol–water partition coefficient (Wildman–Crippen LogP) is 3.86. The SMILES string of the molecule is O=C(O)CC1(c2ccc(-c3ccccc3)cc2)CC1. The van der Waals surface area contributed by atoms with Gasteiger partial charge in [-0.2, -0.15) is 0 Å². The van der Waals surface area contributed by atoms with Gasteiger partial charge in [0.05, 0.1) is 6.42 Å². The van der Waals surface area contributed by atoms with Gasteiger partial charge in [0.15, 0.2) is 0 Å². The fraction of sp³-hybridized carbons (Fsp3) is 0.235. The van der Waals surface area contributed by atoms with Crippen molar-refractivity contribution in [1.82, 2.24) is 0 Å². The van der Waals surface area contributed by atoms with Gasteiger partial charge in [-0.05, 0) is 29.5 Å². The van der Waals surface area contributed by atoms with E-state index < -0.39 is 5.97 Å². The zero-order valence-electron chi connectivity index (χ0n) is 10.7. The highest BCUT2D eigenvalue weighted by Gasteiger charge is 2.45. The molecule has 1 fully saturated rings. The summed E-state index contributed by atoms with van der Waals surface area (Å²) >= 11 is 0. The number of aliphatic carboxylic acids is 1. The molecular formula is C17H16O2. The molecule has 0 saturated heterocycles. The first-order chi connectivity index (χ1) is 9.20. The molecule has 1 aliphatic carbocycles. The van der Waals surface area contributed by atoms with Gasteiger partial charge in [0.1, 0.15) is 0 Å². The van der Waals surface area contributed by atoms with E-state index in [0.717, 1.165) is 18.4 Å². The number of rotatable bonds is 4. The largest absolute Gasteiger partial charge is 0.481 e. The van der Waals surface area contributed by atoms with Crippen molar-refractivity contribution in [2.24, 2.45) is 0 Å². The number of carboxylic acids is 1. The van der Waals surface area contributed by atoms with Crippen LogP contribution in [0, 0.1) is 0 Å². The summed E-state index contributed by atoms with van der Waals surface area (Å²) in [6.45, 7) is 0. The van der Waals surface area contributed by atoms with E-state index in [1.165, 1.54) is 11.1 Å². The minimum absolute atomic E-state index is 0.0962. The molecule has 0 spiro atoms. The lowest BCUT2D eigenvalue weighted by molar-refractivity contribution is -0.137. The molecular weight excluding hydrogens is 236 g/mol. The lowest BCUT2D eigenvalue weighted by atomic mass is 9.91. The Labute approximate surface area is 112 Å². The summed E-state index contributed by atoms with van der Waals surface area (Å²) in [7, 11) is 0. The summed E-state index contributed by atoms with van der Waals surface area (Å²) in [5.41, 5.74) is 3.43. The fourth-order valence-electron chi connectivity index (χ4n) is 2.65. The van der Waals surface area contributed by atoms with Crippen LogP contribution >= 0.6 is 0 Å². The topological polar surface area (TPSA) is 37.3 Å². The van der Waals surface area contributed by atoms with E-state index in [1.807, 2.05) is 18.2 Å². The van der Waals surface area contributed by atoms with Gasteiger partial charge in [-0.1, -0.05) is 54.6 Å². The van der Waals surface area contributed by atoms with Crippen molar-refractivity contribution in [3.05, 3.63) is 60.2 Å². The molecule has 1 N–H and O–H groups in total. The maximum atomic E-state index is 10.9. The van der Waals surface area contributed by atoms with E-state index in [1.54, 1.807) is 0 Å². The highest BCUT2D eigenvalue weighted by atomic mass is 16.4. The number of benzene rings is 2. The Hall–Kier alpha value is -2.09. The standard InChI is InChI=1S/C17H16O2/c18-16(19)12-17(10-11-17)15-8-6-14(7-9-15)13-4-2-1-3-5-13/h1-9H,10-12H2,(H,18,19). The van der Waals surface area contributed by atoms with Gasteiger partial charge in [-0.3, -0.25) is 4.79 Å². The zero-order chi connectivity index (χ0) is 13.3. The maximum absolute atomic E-state index is 10.9. The lowest BCUT2D eigenvalue weighted by Gasteiger charge is -2.13. The summed E-state index contributed by atoms with van der Waals surface area (Å²) in [6.07, 6.45) is 2.23. The first-order valence-corrected chi connectivity index (χ1v) is 6.57. The number of carboxylic acid groups (broad SMARTS) is 1. The normalized spacial score (nSPS) is 16.0. The smallest absolute Gasteiger partial charge is 0.304 e. The van der Waals surface area contributed by atoms with Crippen LogP contribution in [0.4, 0.5) is 0 Å². The number of carbonyl (C=O) groups is 1. The molecule has 0 atom stereocenters. The van der Waals surface area contributed by atoms with Crippen molar-refractivity contribution >= 4 is 5.97 Å². The van der Waals surface area contributed by atoms with Crippen LogP contribution < -0.4 is 0 Å². The molecule has 96 valence electrons. The second kappa shape index (κ2) is 4.54. The van der Waals surface area contributed by atoms with Crippen molar-refractivity contribution in [3.8, 4) is 11.1 Å². The third-order valence-corrected chi connectivity index (χ3v) is 3.95. The molecule has 0 amide bonds. The molecule has 2 heteroatoms. The minimum atomic E-state index is -0.704. The molecule has 2 aromatic rings. The Morgan fingerprint density at radius 2 is 1.53 bits per heavy atom. The van der Waals surface area contributed by atoms with Crippen LogP contribution in [-0.2, 0) is 10.2 Å². The predicted molar refractivity (Wildman–Crippen MR) is 75.0 cm³/mol. The van der Waals surface area contributed by atoms with Crippen LogP contribution in [0.2, 0.25) is 0 Å². The van der Waals surface area contributed by atoms with Crippen LogP contribution in [-0.4, -0.2) is 11.1 Å². The highest BCUT2D eigenvalue weighted by molar-refractivity contribution is 5.70.